The highest BCUT2D eigenvalue weighted by atomic mass is 16.6. The summed E-state index contributed by atoms with van der Waals surface area (Å²) in [5.41, 5.74) is 2.05. The molecule has 9 heteroatoms. The number of benzene rings is 2. The number of amides is 4. The molecule has 0 saturated carbocycles. The molecule has 0 aromatic heterocycles. The van der Waals surface area contributed by atoms with E-state index in [-0.39, 0.29) is 12.3 Å². The van der Waals surface area contributed by atoms with Crippen molar-refractivity contribution in [2.24, 2.45) is 0 Å². The molecule has 0 aliphatic carbocycles. The topological polar surface area (TPSA) is 114 Å². The first-order valence-electron chi connectivity index (χ1n) is 9.93. The first-order chi connectivity index (χ1) is 15.4. The van der Waals surface area contributed by atoms with Crippen molar-refractivity contribution in [2.75, 3.05) is 25.6 Å². The van der Waals surface area contributed by atoms with Crippen molar-refractivity contribution in [1.82, 2.24) is 10.2 Å². The van der Waals surface area contributed by atoms with Gasteiger partial charge in [-0.1, -0.05) is 43.3 Å². The van der Waals surface area contributed by atoms with Gasteiger partial charge in [-0.05, 0) is 30.2 Å². The van der Waals surface area contributed by atoms with E-state index in [9.17, 15) is 19.2 Å². The number of rotatable bonds is 8. The molecule has 3 rings (SSSR count). The molecule has 0 spiro atoms. The molecule has 4 amide bonds. The van der Waals surface area contributed by atoms with Crippen LogP contribution in [0.3, 0.4) is 0 Å². The highest BCUT2D eigenvalue weighted by Crippen LogP contribution is 2.23. The summed E-state index contributed by atoms with van der Waals surface area (Å²) in [5.74, 6) is -1.35. The summed E-state index contributed by atoms with van der Waals surface area (Å²) < 4.78 is 9.97. The number of anilines is 1. The van der Waals surface area contributed by atoms with Gasteiger partial charge in [-0.3, -0.25) is 9.59 Å². The largest absolute Gasteiger partial charge is 0.481 e. The van der Waals surface area contributed by atoms with Crippen molar-refractivity contribution in [3.63, 3.8) is 0 Å². The van der Waals surface area contributed by atoms with Gasteiger partial charge < -0.3 is 20.1 Å². The van der Waals surface area contributed by atoms with E-state index in [0.29, 0.717) is 17.0 Å². The normalized spacial score (nSPS) is 14.3. The van der Waals surface area contributed by atoms with Gasteiger partial charge in [-0.2, -0.15) is 0 Å². The molecule has 166 valence electrons. The molecule has 1 aliphatic heterocycles. The highest BCUT2D eigenvalue weighted by Gasteiger charge is 2.35. The van der Waals surface area contributed by atoms with Crippen LogP contribution in [0.25, 0.3) is 6.08 Å². The minimum absolute atomic E-state index is 0.00845. The Balaban J connectivity index is 1.71. The van der Waals surface area contributed by atoms with Crippen LogP contribution in [0.4, 0.5) is 10.5 Å². The van der Waals surface area contributed by atoms with Crippen LogP contribution in [-0.4, -0.2) is 49.0 Å². The number of carbonyl (C=O) groups excluding carboxylic acids is 4. The third kappa shape index (κ3) is 5.31. The third-order valence-electron chi connectivity index (χ3n) is 4.73. The molecule has 0 unspecified atom stereocenters. The van der Waals surface area contributed by atoms with Crippen LogP contribution in [0.1, 0.15) is 18.1 Å². The Hall–Kier alpha value is -4.14. The number of nitrogens with one attached hydrogen (secondary N) is 2. The fourth-order valence-electron chi connectivity index (χ4n) is 3.08. The standard InChI is InChI=1S/C23H23N3O6/c1-3-15-8-4-6-10-17(15)24-20(27)13-26-22(29)18(25-23(26)30)12-16-9-5-7-11-19(16)32-14-21(28)31-2/h4-12H,3,13-14H2,1-2H3,(H,24,27)(H,25,30)/b18-12+. The van der Waals surface area contributed by atoms with Crippen molar-refractivity contribution >= 4 is 35.6 Å². The number of esters is 1. The van der Waals surface area contributed by atoms with Gasteiger partial charge in [0.2, 0.25) is 5.91 Å². The van der Waals surface area contributed by atoms with E-state index >= 15 is 0 Å². The Morgan fingerprint density at radius 1 is 1.09 bits per heavy atom. The van der Waals surface area contributed by atoms with Crippen LogP contribution in [0.15, 0.2) is 54.2 Å². The smallest absolute Gasteiger partial charge is 0.343 e. The summed E-state index contributed by atoms with van der Waals surface area (Å²) in [6, 6.07) is 13.3. The molecule has 0 radical (unpaired) electrons. The van der Waals surface area contributed by atoms with Gasteiger partial charge in [0.25, 0.3) is 5.91 Å². The number of nitrogens with zero attached hydrogens (tertiary/aromatic N) is 1. The maximum absolute atomic E-state index is 12.7. The molecule has 0 atom stereocenters. The zero-order valence-electron chi connectivity index (χ0n) is 17.7. The van der Waals surface area contributed by atoms with Gasteiger partial charge in [0.05, 0.1) is 7.11 Å². The summed E-state index contributed by atoms with van der Waals surface area (Å²) in [5, 5.41) is 5.21. The van der Waals surface area contributed by atoms with E-state index in [2.05, 4.69) is 15.4 Å². The van der Waals surface area contributed by atoms with E-state index in [1.165, 1.54) is 13.2 Å². The fourth-order valence-corrected chi connectivity index (χ4v) is 3.08. The van der Waals surface area contributed by atoms with E-state index in [1.54, 1.807) is 36.4 Å². The van der Waals surface area contributed by atoms with E-state index in [0.717, 1.165) is 16.9 Å². The Labute approximate surface area is 185 Å². The SMILES string of the molecule is CCc1ccccc1NC(=O)CN1C(=O)N/C(=C/c2ccccc2OCC(=O)OC)C1=O. The Morgan fingerprint density at radius 3 is 2.56 bits per heavy atom. The van der Waals surface area contributed by atoms with Crippen molar-refractivity contribution in [3.05, 3.63) is 65.4 Å². The van der Waals surface area contributed by atoms with Crippen molar-refractivity contribution in [1.29, 1.82) is 0 Å². The molecule has 1 saturated heterocycles. The maximum atomic E-state index is 12.7. The van der Waals surface area contributed by atoms with Crippen molar-refractivity contribution in [3.8, 4) is 5.75 Å². The molecular formula is C23H23N3O6. The van der Waals surface area contributed by atoms with E-state index in [4.69, 9.17) is 4.74 Å². The number of aryl methyl sites for hydroxylation is 1. The Bertz CT molecular complexity index is 1080. The van der Waals surface area contributed by atoms with Crippen LogP contribution in [0, 0.1) is 0 Å². The summed E-state index contributed by atoms with van der Waals surface area (Å²) in [6.45, 7) is 1.23. The van der Waals surface area contributed by atoms with Crippen molar-refractivity contribution in [2.45, 2.75) is 13.3 Å². The minimum Gasteiger partial charge on any atom is -0.481 e. The number of imide groups is 1. The minimum atomic E-state index is -0.701. The zero-order valence-corrected chi connectivity index (χ0v) is 17.7. The lowest BCUT2D eigenvalue weighted by atomic mass is 10.1. The number of ether oxygens (including phenoxy) is 2. The highest BCUT2D eigenvalue weighted by molar-refractivity contribution is 6.16. The predicted molar refractivity (Wildman–Crippen MR) is 117 cm³/mol. The summed E-state index contributed by atoms with van der Waals surface area (Å²) in [4.78, 5) is 49.7. The quantitative estimate of drug-likeness (QED) is 0.372. The number of carbonyl (C=O) groups is 4. The van der Waals surface area contributed by atoms with Gasteiger partial charge in [0, 0.05) is 11.3 Å². The van der Waals surface area contributed by atoms with Crippen molar-refractivity contribution < 1.29 is 28.7 Å². The lowest BCUT2D eigenvalue weighted by Crippen LogP contribution is -2.38. The Morgan fingerprint density at radius 2 is 1.81 bits per heavy atom. The summed E-state index contributed by atoms with van der Waals surface area (Å²) in [6.07, 6.45) is 2.15. The molecule has 9 nitrogen and oxygen atoms in total. The second-order valence-corrected chi connectivity index (χ2v) is 6.84. The first kappa shape index (κ1) is 22.5. The average Bonchev–Trinajstić information content (AvgIpc) is 3.05. The molecule has 0 bridgehead atoms. The van der Waals surface area contributed by atoms with Crippen LogP contribution in [-0.2, 0) is 25.5 Å². The predicted octanol–water partition coefficient (Wildman–Crippen LogP) is 2.33. The molecule has 2 aromatic carbocycles. The third-order valence-corrected chi connectivity index (χ3v) is 4.73. The number of hydrogen-bond acceptors (Lipinski definition) is 6. The molecule has 32 heavy (non-hydrogen) atoms. The summed E-state index contributed by atoms with van der Waals surface area (Å²) >= 11 is 0. The van der Waals surface area contributed by atoms with Gasteiger partial charge in [-0.15, -0.1) is 0 Å². The monoisotopic (exact) mass is 437 g/mol. The second-order valence-electron chi connectivity index (χ2n) is 6.84. The number of methoxy groups -OCH3 is 1. The number of urea groups is 1. The van der Waals surface area contributed by atoms with Gasteiger partial charge in [0.15, 0.2) is 6.61 Å². The molecule has 2 aromatic rings. The lowest BCUT2D eigenvalue weighted by Gasteiger charge is -2.13. The van der Waals surface area contributed by atoms with E-state index < -0.39 is 30.4 Å². The van der Waals surface area contributed by atoms with Crippen LogP contribution in [0.2, 0.25) is 0 Å². The molecule has 1 heterocycles. The molecule has 1 fully saturated rings. The summed E-state index contributed by atoms with van der Waals surface area (Å²) in [7, 11) is 1.25. The average molecular weight is 437 g/mol. The Kier molecular flexibility index (Phi) is 7.22. The second kappa shape index (κ2) is 10.3. The van der Waals surface area contributed by atoms with Crippen LogP contribution >= 0.6 is 0 Å². The fraction of sp³-hybridized carbons (Fsp3) is 0.217. The van der Waals surface area contributed by atoms with E-state index in [1.807, 2.05) is 19.1 Å². The van der Waals surface area contributed by atoms with Crippen LogP contribution in [0.5, 0.6) is 5.75 Å². The molecule has 2 N–H and O–H groups in total. The number of para-hydroxylation sites is 2. The van der Waals surface area contributed by atoms with Gasteiger partial charge in [-0.25, -0.2) is 14.5 Å². The maximum Gasteiger partial charge on any atom is 0.343 e. The molecular weight excluding hydrogens is 414 g/mol. The molecule has 1 aliphatic rings. The zero-order chi connectivity index (χ0) is 23.1. The number of hydrogen-bond donors (Lipinski definition) is 2. The van der Waals surface area contributed by atoms with Gasteiger partial charge >= 0.3 is 12.0 Å². The lowest BCUT2D eigenvalue weighted by molar-refractivity contribution is -0.142. The van der Waals surface area contributed by atoms with Gasteiger partial charge in [0.1, 0.15) is 18.0 Å². The van der Waals surface area contributed by atoms with Crippen LogP contribution < -0.4 is 15.4 Å². The first-order valence-corrected chi connectivity index (χ1v) is 9.93.